The van der Waals surface area contributed by atoms with Crippen LogP contribution in [0, 0.1) is 6.92 Å². The summed E-state index contributed by atoms with van der Waals surface area (Å²) < 4.78 is 16.4. The van der Waals surface area contributed by atoms with Crippen molar-refractivity contribution in [3.8, 4) is 28.6 Å². The van der Waals surface area contributed by atoms with Crippen LogP contribution >= 0.6 is 11.6 Å². The monoisotopic (exact) mass is 379 g/mol. The normalized spacial score (nSPS) is 10.8. The zero-order valence-corrected chi connectivity index (χ0v) is 16.9. The van der Waals surface area contributed by atoms with Crippen LogP contribution in [0.5, 0.6) is 17.4 Å². The maximum atomic E-state index is 6.20. The van der Waals surface area contributed by atoms with Crippen LogP contribution in [0.2, 0.25) is 5.02 Å². The molecule has 0 unspecified atom stereocenters. The van der Waals surface area contributed by atoms with Gasteiger partial charge in [0, 0.05) is 11.6 Å². The smallest absolute Gasteiger partial charge is 0.257 e. The number of nitrogens with zero attached hydrogens (tertiary/aromatic N) is 2. The highest BCUT2D eigenvalue weighted by Gasteiger charge is 2.21. The molecule has 0 fully saturated rings. The van der Waals surface area contributed by atoms with Crippen molar-refractivity contribution in [3.05, 3.63) is 22.8 Å². The molecule has 6 nitrogen and oxygen atoms in total. The van der Waals surface area contributed by atoms with Crippen molar-refractivity contribution < 1.29 is 14.2 Å². The summed E-state index contributed by atoms with van der Waals surface area (Å²) in [7, 11) is 4.71. The van der Waals surface area contributed by atoms with Gasteiger partial charge in [-0.15, -0.1) is 0 Å². The van der Waals surface area contributed by atoms with Gasteiger partial charge in [0.25, 0.3) is 5.88 Å². The first kappa shape index (κ1) is 20.1. The number of halogens is 1. The number of aromatic nitrogens is 2. The lowest BCUT2D eigenvalue weighted by Gasteiger charge is -2.19. The Morgan fingerprint density at radius 2 is 1.65 bits per heavy atom. The molecule has 0 bridgehead atoms. The molecule has 0 aliphatic rings. The van der Waals surface area contributed by atoms with Gasteiger partial charge in [0.2, 0.25) is 0 Å². The average molecular weight is 380 g/mol. The van der Waals surface area contributed by atoms with E-state index in [0.717, 1.165) is 24.1 Å². The molecule has 0 amide bonds. The van der Waals surface area contributed by atoms with Gasteiger partial charge in [-0.2, -0.15) is 0 Å². The highest BCUT2D eigenvalue weighted by molar-refractivity contribution is 6.32. The van der Waals surface area contributed by atoms with E-state index in [-0.39, 0.29) is 0 Å². The van der Waals surface area contributed by atoms with Gasteiger partial charge < -0.3 is 19.5 Å². The minimum Gasteiger partial charge on any atom is -0.492 e. The first-order valence-electron chi connectivity index (χ1n) is 8.60. The van der Waals surface area contributed by atoms with E-state index in [1.807, 2.05) is 13.0 Å². The lowest BCUT2D eigenvalue weighted by Crippen LogP contribution is -2.19. The number of aryl methyl sites for hydroxylation is 1. The average Bonchev–Trinajstić information content (AvgIpc) is 2.66. The molecule has 1 heterocycles. The second-order valence-electron chi connectivity index (χ2n) is 5.83. The van der Waals surface area contributed by atoms with Crippen LogP contribution in [0.15, 0.2) is 12.1 Å². The van der Waals surface area contributed by atoms with Crippen molar-refractivity contribution in [1.29, 1.82) is 0 Å². The van der Waals surface area contributed by atoms with Gasteiger partial charge in [-0.3, -0.25) is 0 Å². The highest BCUT2D eigenvalue weighted by atomic mass is 35.5. The van der Waals surface area contributed by atoms with Crippen molar-refractivity contribution >= 4 is 17.4 Å². The largest absolute Gasteiger partial charge is 0.492 e. The number of hydrogen-bond acceptors (Lipinski definition) is 6. The Morgan fingerprint density at radius 1 is 1.00 bits per heavy atom. The molecule has 0 saturated carbocycles. The number of benzene rings is 1. The summed E-state index contributed by atoms with van der Waals surface area (Å²) >= 11 is 6.20. The Hall–Kier alpha value is -2.21. The molecule has 26 heavy (non-hydrogen) atoms. The fraction of sp³-hybridized carbons (Fsp3) is 0.474. The highest BCUT2D eigenvalue weighted by Crippen LogP contribution is 2.43. The minimum absolute atomic E-state index is 0.314. The maximum absolute atomic E-state index is 6.20. The first-order valence-corrected chi connectivity index (χ1v) is 8.98. The van der Waals surface area contributed by atoms with E-state index in [0.29, 0.717) is 40.0 Å². The third-order valence-electron chi connectivity index (χ3n) is 4.29. The number of anilines is 1. The van der Waals surface area contributed by atoms with E-state index >= 15 is 0 Å². The predicted molar refractivity (Wildman–Crippen MR) is 105 cm³/mol. The Balaban J connectivity index is 2.58. The lowest BCUT2D eigenvalue weighted by atomic mass is 10.1. The third kappa shape index (κ3) is 3.96. The van der Waals surface area contributed by atoms with Crippen LogP contribution in [0.3, 0.4) is 0 Å². The van der Waals surface area contributed by atoms with E-state index in [1.165, 1.54) is 0 Å². The molecule has 1 aromatic heterocycles. The number of hydrogen-bond donors (Lipinski definition) is 1. The number of ether oxygens (including phenoxy) is 3. The third-order valence-corrected chi connectivity index (χ3v) is 4.58. The maximum Gasteiger partial charge on any atom is 0.257 e. The summed E-state index contributed by atoms with van der Waals surface area (Å²) in [5.41, 5.74) is 2.15. The molecule has 1 N–H and O–H groups in total. The van der Waals surface area contributed by atoms with Crippen LogP contribution in [0.4, 0.5) is 5.82 Å². The Kier molecular flexibility index (Phi) is 6.91. The molecule has 0 radical (unpaired) electrons. The lowest BCUT2D eigenvalue weighted by molar-refractivity contribution is 0.356. The van der Waals surface area contributed by atoms with Gasteiger partial charge >= 0.3 is 0 Å². The van der Waals surface area contributed by atoms with E-state index in [4.69, 9.17) is 25.8 Å². The second kappa shape index (κ2) is 8.94. The van der Waals surface area contributed by atoms with Crippen LogP contribution in [0.25, 0.3) is 11.3 Å². The minimum atomic E-state index is 0.314. The molecule has 2 aromatic rings. The fourth-order valence-corrected chi connectivity index (χ4v) is 3.03. The summed E-state index contributed by atoms with van der Waals surface area (Å²) in [6, 6.07) is 3.91. The molecule has 2 rings (SSSR count). The van der Waals surface area contributed by atoms with E-state index in [2.05, 4.69) is 29.1 Å². The van der Waals surface area contributed by atoms with Gasteiger partial charge in [-0.1, -0.05) is 25.4 Å². The summed E-state index contributed by atoms with van der Waals surface area (Å²) in [5.74, 6) is 2.06. The summed E-state index contributed by atoms with van der Waals surface area (Å²) in [5, 5.41) is 3.87. The molecule has 0 aliphatic heterocycles. The molecule has 0 atom stereocenters. The zero-order chi connectivity index (χ0) is 19.3. The summed E-state index contributed by atoms with van der Waals surface area (Å²) in [6.45, 7) is 6.17. The second-order valence-corrected chi connectivity index (χ2v) is 6.24. The molecule has 0 aliphatic carbocycles. The van der Waals surface area contributed by atoms with Crippen molar-refractivity contribution in [2.45, 2.75) is 39.7 Å². The van der Waals surface area contributed by atoms with Crippen molar-refractivity contribution in [3.63, 3.8) is 0 Å². The summed E-state index contributed by atoms with van der Waals surface area (Å²) in [4.78, 5) is 9.35. The quantitative estimate of drug-likeness (QED) is 0.715. The molecule has 0 spiro atoms. The van der Waals surface area contributed by atoms with E-state index in [1.54, 1.807) is 27.4 Å². The molecule has 142 valence electrons. The van der Waals surface area contributed by atoms with E-state index < -0.39 is 0 Å². The Morgan fingerprint density at radius 3 is 2.19 bits per heavy atom. The first-order chi connectivity index (χ1) is 12.5. The molecule has 1 aromatic carbocycles. The van der Waals surface area contributed by atoms with Crippen LogP contribution < -0.4 is 19.5 Å². The standard InChI is InChI=1S/C19H26ClN3O3/c1-7-12(8-2)22-18-19(26-6)23-15(11(3)21-18)13-9-10-14(20)17(25-5)16(13)24-4/h9-10,12H,7-8H2,1-6H3,(H,21,22). The van der Waals surface area contributed by atoms with Gasteiger partial charge in [-0.05, 0) is 31.9 Å². The SMILES string of the molecule is CCC(CC)Nc1nc(C)c(-c2ccc(Cl)c(OC)c2OC)nc1OC. The Labute approximate surface area is 159 Å². The van der Waals surface area contributed by atoms with E-state index in [9.17, 15) is 0 Å². The van der Waals surface area contributed by atoms with Crippen LogP contribution in [-0.2, 0) is 0 Å². The number of rotatable bonds is 8. The zero-order valence-electron chi connectivity index (χ0n) is 16.1. The van der Waals surface area contributed by atoms with Gasteiger partial charge in [0.1, 0.15) is 0 Å². The molecule has 0 saturated heterocycles. The van der Waals surface area contributed by atoms with Crippen molar-refractivity contribution in [2.75, 3.05) is 26.6 Å². The predicted octanol–water partition coefficient (Wildman–Crippen LogP) is 4.73. The van der Waals surface area contributed by atoms with Crippen LogP contribution in [0.1, 0.15) is 32.4 Å². The van der Waals surface area contributed by atoms with Crippen molar-refractivity contribution in [2.24, 2.45) is 0 Å². The van der Waals surface area contributed by atoms with Crippen molar-refractivity contribution in [1.82, 2.24) is 9.97 Å². The Bertz CT molecular complexity index is 764. The topological polar surface area (TPSA) is 65.5 Å². The van der Waals surface area contributed by atoms with Gasteiger partial charge in [-0.25, -0.2) is 9.97 Å². The molecule has 7 heteroatoms. The number of methoxy groups -OCH3 is 3. The van der Waals surface area contributed by atoms with Gasteiger partial charge in [0.05, 0.1) is 37.7 Å². The number of nitrogens with one attached hydrogen (secondary N) is 1. The van der Waals surface area contributed by atoms with Crippen LogP contribution in [-0.4, -0.2) is 37.3 Å². The fourth-order valence-electron chi connectivity index (χ4n) is 2.80. The molecular weight excluding hydrogens is 354 g/mol. The summed E-state index contributed by atoms with van der Waals surface area (Å²) in [6.07, 6.45) is 1.98. The molecular formula is C19H26ClN3O3. The van der Waals surface area contributed by atoms with Gasteiger partial charge in [0.15, 0.2) is 17.3 Å².